The Bertz CT molecular complexity index is 599. The molecule has 2 rings (SSSR count). The number of rotatable bonds is 6. The summed E-state index contributed by atoms with van der Waals surface area (Å²) >= 11 is 4.84. The molecule has 0 saturated carbocycles. The van der Waals surface area contributed by atoms with Crippen molar-refractivity contribution in [1.29, 1.82) is 0 Å². The normalized spacial score (nSPS) is 19.8. The van der Waals surface area contributed by atoms with Gasteiger partial charge in [-0.1, -0.05) is 24.4 Å². The standard InChI is InChI=1S/C14H20N2O3S2/c15-14(20)9-11-1-3-13(4-2-11)21(18,19)16-7-5-12(10-16)6-8-17/h1-4,12,17H,5-10H2,(H2,15,20). The van der Waals surface area contributed by atoms with Crippen LogP contribution in [0.5, 0.6) is 0 Å². The van der Waals surface area contributed by atoms with Crippen molar-refractivity contribution in [1.82, 2.24) is 4.31 Å². The van der Waals surface area contributed by atoms with Crippen LogP contribution >= 0.6 is 12.2 Å². The van der Waals surface area contributed by atoms with Gasteiger partial charge in [0.1, 0.15) is 0 Å². The summed E-state index contributed by atoms with van der Waals surface area (Å²) < 4.78 is 26.6. The van der Waals surface area contributed by atoms with Crippen molar-refractivity contribution in [3.63, 3.8) is 0 Å². The molecular weight excluding hydrogens is 308 g/mol. The predicted octanol–water partition coefficient (Wildman–Crippen LogP) is 0.908. The Labute approximate surface area is 130 Å². The van der Waals surface area contributed by atoms with Crippen molar-refractivity contribution in [3.8, 4) is 0 Å². The van der Waals surface area contributed by atoms with Crippen LogP contribution in [-0.2, 0) is 16.4 Å². The van der Waals surface area contributed by atoms with Crippen molar-refractivity contribution in [2.24, 2.45) is 11.7 Å². The number of nitrogens with two attached hydrogens (primary N) is 1. The number of benzene rings is 1. The van der Waals surface area contributed by atoms with Gasteiger partial charge < -0.3 is 10.8 Å². The molecule has 1 unspecified atom stereocenters. The van der Waals surface area contributed by atoms with Crippen LogP contribution in [0.1, 0.15) is 18.4 Å². The third-order valence-electron chi connectivity index (χ3n) is 3.73. The summed E-state index contributed by atoms with van der Waals surface area (Å²) in [6, 6.07) is 6.69. The van der Waals surface area contributed by atoms with Gasteiger partial charge in [0.25, 0.3) is 0 Å². The van der Waals surface area contributed by atoms with Crippen LogP contribution < -0.4 is 5.73 Å². The second-order valence-electron chi connectivity index (χ2n) is 5.32. The highest BCUT2D eigenvalue weighted by Crippen LogP contribution is 2.26. The van der Waals surface area contributed by atoms with E-state index in [-0.39, 0.29) is 12.5 Å². The van der Waals surface area contributed by atoms with E-state index in [4.69, 9.17) is 23.1 Å². The summed E-state index contributed by atoms with van der Waals surface area (Å²) in [5.74, 6) is 0.249. The number of hydrogen-bond acceptors (Lipinski definition) is 4. The van der Waals surface area contributed by atoms with Gasteiger partial charge in [-0.05, 0) is 36.5 Å². The SMILES string of the molecule is NC(=S)Cc1ccc(S(=O)(=O)N2CCC(CCO)C2)cc1. The van der Waals surface area contributed by atoms with Crippen molar-refractivity contribution >= 4 is 27.2 Å². The first-order valence-corrected chi connectivity index (χ1v) is 8.76. The molecule has 1 saturated heterocycles. The molecule has 0 spiro atoms. The fraction of sp³-hybridized carbons (Fsp3) is 0.500. The highest BCUT2D eigenvalue weighted by molar-refractivity contribution is 7.89. The summed E-state index contributed by atoms with van der Waals surface area (Å²) in [6.45, 7) is 1.10. The fourth-order valence-corrected chi connectivity index (χ4v) is 4.26. The molecule has 5 nitrogen and oxygen atoms in total. The maximum absolute atomic E-state index is 12.5. The Kier molecular flexibility index (Phi) is 5.32. The molecule has 0 aromatic heterocycles. The molecule has 1 heterocycles. The second kappa shape index (κ2) is 6.83. The predicted molar refractivity (Wildman–Crippen MR) is 85.5 cm³/mol. The van der Waals surface area contributed by atoms with E-state index in [0.29, 0.717) is 35.8 Å². The summed E-state index contributed by atoms with van der Waals surface area (Å²) in [7, 11) is -3.45. The van der Waals surface area contributed by atoms with Crippen molar-refractivity contribution in [3.05, 3.63) is 29.8 Å². The molecule has 1 aromatic rings. The summed E-state index contributed by atoms with van der Waals surface area (Å²) in [6.07, 6.45) is 1.93. The second-order valence-corrected chi connectivity index (χ2v) is 7.78. The lowest BCUT2D eigenvalue weighted by Crippen LogP contribution is -2.29. The lowest BCUT2D eigenvalue weighted by atomic mass is 10.1. The van der Waals surface area contributed by atoms with Crippen LogP contribution in [0.15, 0.2) is 29.2 Å². The molecule has 116 valence electrons. The van der Waals surface area contributed by atoms with Crippen LogP contribution in [0, 0.1) is 5.92 Å². The van der Waals surface area contributed by atoms with Crippen LogP contribution in [0.25, 0.3) is 0 Å². The van der Waals surface area contributed by atoms with Gasteiger partial charge in [0.15, 0.2) is 0 Å². The van der Waals surface area contributed by atoms with Gasteiger partial charge in [0, 0.05) is 26.1 Å². The molecule has 1 aliphatic heterocycles. The van der Waals surface area contributed by atoms with Gasteiger partial charge in [-0.2, -0.15) is 4.31 Å². The molecule has 0 aliphatic carbocycles. The molecule has 7 heteroatoms. The largest absolute Gasteiger partial charge is 0.396 e. The highest BCUT2D eigenvalue weighted by atomic mass is 32.2. The third kappa shape index (κ3) is 4.00. The molecule has 3 N–H and O–H groups in total. The van der Waals surface area contributed by atoms with Crippen LogP contribution in [0.2, 0.25) is 0 Å². The Morgan fingerprint density at radius 1 is 1.38 bits per heavy atom. The Balaban J connectivity index is 2.11. The minimum atomic E-state index is -3.45. The number of thiocarbonyl (C=S) groups is 1. The zero-order valence-electron chi connectivity index (χ0n) is 11.7. The Morgan fingerprint density at radius 2 is 2.05 bits per heavy atom. The maximum Gasteiger partial charge on any atom is 0.243 e. The molecule has 1 aliphatic rings. The summed E-state index contributed by atoms with van der Waals surface area (Å²) in [5, 5.41) is 8.95. The van der Waals surface area contributed by atoms with E-state index < -0.39 is 10.0 Å². The molecule has 0 bridgehead atoms. The zero-order valence-corrected chi connectivity index (χ0v) is 13.4. The quantitative estimate of drug-likeness (QED) is 0.758. The number of aliphatic hydroxyl groups excluding tert-OH is 1. The molecule has 1 fully saturated rings. The lowest BCUT2D eigenvalue weighted by Gasteiger charge is -2.16. The minimum absolute atomic E-state index is 0.103. The smallest absolute Gasteiger partial charge is 0.243 e. The maximum atomic E-state index is 12.5. The Morgan fingerprint density at radius 3 is 2.62 bits per heavy atom. The molecule has 1 atom stereocenters. The van der Waals surface area contributed by atoms with E-state index in [1.165, 1.54) is 4.31 Å². The highest BCUT2D eigenvalue weighted by Gasteiger charge is 2.32. The Hall–Kier alpha value is -1.02. The first-order chi connectivity index (χ1) is 9.93. The fourth-order valence-electron chi connectivity index (χ4n) is 2.56. The van der Waals surface area contributed by atoms with Gasteiger partial charge in [0.05, 0.1) is 9.88 Å². The number of sulfonamides is 1. The summed E-state index contributed by atoms with van der Waals surface area (Å²) in [4.78, 5) is 0.677. The molecule has 0 radical (unpaired) electrons. The number of hydrogen-bond donors (Lipinski definition) is 2. The average Bonchev–Trinajstić information content (AvgIpc) is 2.88. The van der Waals surface area contributed by atoms with E-state index >= 15 is 0 Å². The summed E-state index contributed by atoms with van der Waals surface area (Å²) in [5.41, 5.74) is 6.38. The van der Waals surface area contributed by atoms with Gasteiger partial charge in [-0.3, -0.25) is 0 Å². The number of aliphatic hydroxyl groups is 1. The lowest BCUT2D eigenvalue weighted by molar-refractivity contribution is 0.259. The zero-order chi connectivity index (χ0) is 15.5. The number of nitrogens with zero attached hydrogens (tertiary/aromatic N) is 1. The minimum Gasteiger partial charge on any atom is -0.396 e. The monoisotopic (exact) mass is 328 g/mol. The van der Waals surface area contributed by atoms with E-state index in [2.05, 4.69) is 0 Å². The first kappa shape index (κ1) is 16.4. The van der Waals surface area contributed by atoms with E-state index in [1.807, 2.05) is 0 Å². The average molecular weight is 328 g/mol. The molecule has 1 aromatic carbocycles. The van der Waals surface area contributed by atoms with E-state index in [9.17, 15) is 8.42 Å². The third-order valence-corrected chi connectivity index (χ3v) is 5.75. The van der Waals surface area contributed by atoms with Crippen LogP contribution in [0.3, 0.4) is 0 Å². The molecule has 21 heavy (non-hydrogen) atoms. The van der Waals surface area contributed by atoms with Crippen LogP contribution in [-0.4, -0.2) is 42.5 Å². The van der Waals surface area contributed by atoms with Gasteiger partial charge in [0.2, 0.25) is 10.0 Å². The van der Waals surface area contributed by atoms with Crippen molar-refractivity contribution in [2.45, 2.75) is 24.2 Å². The van der Waals surface area contributed by atoms with E-state index in [1.54, 1.807) is 24.3 Å². The first-order valence-electron chi connectivity index (χ1n) is 6.91. The van der Waals surface area contributed by atoms with Crippen molar-refractivity contribution in [2.75, 3.05) is 19.7 Å². The molecule has 0 amide bonds. The topological polar surface area (TPSA) is 83.6 Å². The van der Waals surface area contributed by atoms with Gasteiger partial charge in [-0.15, -0.1) is 0 Å². The van der Waals surface area contributed by atoms with Gasteiger partial charge >= 0.3 is 0 Å². The van der Waals surface area contributed by atoms with Gasteiger partial charge in [-0.25, -0.2) is 8.42 Å². The molecular formula is C14H20N2O3S2. The van der Waals surface area contributed by atoms with E-state index in [0.717, 1.165) is 12.0 Å². The van der Waals surface area contributed by atoms with Crippen molar-refractivity contribution < 1.29 is 13.5 Å². The van der Waals surface area contributed by atoms with Crippen LogP contribution in [0.4, 0.5) is 0 Å².